The minimum absolute atomic E-state index is 0.111. The summed E-state index contributed by atoms with van der Waals surface area (Å²) in [5, 5.41) is 10.1. The fraction of sp³-hybridized carbons (Fsp3) is 0.674. The van der Waals surface area contributed by atoms with E-state index in [4.69, 9.17) is 73.4 Å². The number of azide groups is 3. The molecule has 0 aliphatic heterocycles. The maximum atomic E-state index is 13.1. The van der Waals surface area contributed by atoms with Gasteiger partial charge in [-0.15, -0.1) is 0 Å². The fourth-order valence-electron chi connectivity index (χ4n) is 4.85. The summed E-state index contributed by atoms with van der Waals surface area (Å²) in [6.45, 7) is 14.5. The van der Waals surface area contributed by atoms with Crippen LogP contribution in [0, 0.1) is 5.95 Å². The van der Waals surface area contributed by atoms with Crippen LogP contribution in [-0.4, -0.2) is 202 Å². The van der Waals surface area contributed by atoms with Crippen LogP contribution in [0.3, 0.4) is 0 Å². The molecule has 0 aliphatic carbocycles. The van der Waals surface area contributed by atoms with E-state index < -0.39 is 5.95 Å². The third kappa shape index (κ3) is 42.2. The molecule has 0 spiro atoms. The Balaban J connectivity index is 0.00000104. The van der Waals surface area contributed by atoms with Crippen molar-refractivity contribution in [2.75, 3.05) is 196 Å². The van der Waals surface area contributed by atoms with Crippen molar-refractivity contribution in [3.8, 4) is 17.2 Å². The highest BCUT2D eigenvalue weighted by Crippen LogP contribution is 2.23. The average Bonchev–Trinajstić information content (AvgIpc) is 3.39. The van der Waals surface area contributed by atoms with Crippen LogP contribution < -0.4 is 24.0 Å². The maximum absolute atomic E-state index is 13.1. The highest BCUT2D eigenvalue weighted by molar-refractivity contribution is 5.51. The van der Waals surface area contributed by atoms with Crippen molar-refractivity contribution in [2.45, 2.75) is 20.3 Å². The largest absolute Gasteiger partial charge is 0.487 e. The zero-order valence-corrected chi connectivity index (χ0v) is 43.4. The van der Waals surface area contributed by atoms with Gasteiger partial charge in [0.25, 0.3) is 5.95 Å². The number of hydrogen-bond donors (Lipinski definition) is 0. The molecule has 0 amide bonds. The molecule has 0 saturated carbocycles. The van der Waals surface area contributed by atoms with Crippen LogP contribution in [0.25, 0.3) is 31.3 Å². The second-order valence-corrected chi connectivity index (χ2v) is 14.4. The van der Waals surface area contributed by atoms with E-state index in [0.29, 0.717) is 152 Å². The zero-order valence-electron chi connectivity index (χ0n) is 43.4. The van der Waals surface area contributed by atoms with Gasteiger partial charge >= 0.3 is 0 Å². The molecule has 0 atom stereocenters. The Morgan fingerprint density at radius 2 is 0.658 bits per heavy atom. The summed E-state index contributed by atoms with van der Waals surface area (Å²) < 4.78 is 77.2. The van der Waals surface area contributed by atoms with E-state index in [1.165, 1.54) is 18.7 Å². The number of nitrogens with zero attached hydrogens (tertiary/aromatic N) is 14. The van der Waals surface area contributed by atoms with Gasteiger partial charge < -0.3 is 66.6 Å². The SMILES string of the molecule is CCC.CN(C)c1ncccc1OCCOCCOCCOCCN=[N+]=[N-].CN(C)c1ncccc1OCCOCCOCCOCCN=[N+]=[N-].[N-]=[N+]=NCCOCCOCCOCCOc1cccnc1F. The van der Waals surface area contributed by atoms with Gasteiger partial charge in [0, 0.05) is 81.2 Å². The standard InChI is InChI=1S/2C15H25N5O4.C13H19FN4O4.C3H8/c2*1-20(2)15-14(4-3-5-17-15)24-13-12-23-11-10-22-9-8-21-7-6-18-19-16;14-13-12(2-1-3-16-13)22-11-10-21-9-8-20-7-6-19-5-4-17-18-15;1-3-2/h2*3-5H,6-13H2,1-2H3;1-3H,4-11H2;3H2,1-2H3. The lowest BCUT2D eigenvalue weighted by Gasteiger charge is -2.16. The minimum atomic E-state index is -0.633. The molecule has 3 rings (SSSR count). The Labute approximate surface area is 428 Å². The Kier molecular flexibility index (Phi) is 47.9. The van der Waals surface area contributed by atoms with Crippen LogP contribution in [0.4, 0.5) is 16.0 Å². The first kappa shape index (κ1) is 67.0. The summed E-state index contributed by atoms with van der Waals surface area (Å²) in [7, 11) is 7.68. The molecule has 0 aliphatic rings. The molecule has 410 valence electrons. The van der Waals surface area contributed by atoms with E-state index >= 15 is 0 Å². The van der Waals surface area contributed by atoms with Gasteiger partial charge in [0.2, 0.25) is 0 Å². The normalized spacial score (nSPS) is 10.1. The Morgan fingerprint density at radius 1 is 0.411 bits per heavy atom. The monoisotopic (exact) mass is 1040 g/mol. The number of halogens is 1. The van der Waals surface area contributed by atoms with Crippen LogP contribution in [-0.2, 0) is 42.6 Å². The molecule has 3 aromatic heterocycles. The summed E-state index contributed by atoms with van der Waals surface area (Å²) in [6, 6.07) is 10.5. The molecule has 0 N–H and O–H groups in total. The quantitative estimate of drug-likeness (QED) is 0.0179. The summed E-state index contributed by atoms with van der Waals surface area (Å²) >= 11 is 0. The van der Waals surface area contributed by atoms with Crippen molar-refractivity contribution in [3.05, 3.63) is 92.3 Å². The number of anilines is 2. The lowest BCUT2D eigenvalue weighted by molar-refractivity contribution is 0.0103. The molecule has 0 aromatic carbocycles. The number of aromatic nitrogens is 3. The van der Waals surface area contributed by atoms with Gasteiger partial charge in [0.15, 0.2) is 28.9 Å². The van der Waals surface area contributed by atoms with E-state index in [-0.39, 0.29) is 12.4 Å². The van der Waals surface area contributed by atoms with Gasteiger partial charge in [-0.05, 0) is 53.0 Å². The third-order valence-electron chi connectivity index (χ3n) is 7.96. The molecular weight excluding hydrogens is 960 g/mol. The zero-order chi connectivity index (χ0) is 53.5. The minimum Gasteiger partial charge on any atom is -0.487 e. The maximum Gasteiger partial charge on any atom is 0.255 e. The van der Waals surface area contributed by atoms with Gasteiger partial charge in [-0.2, -0.15) is 4.39 Å². The lowest BCUT2D eigenvalue weighted by Crippen LogP contribution is -2.15. The van der Waals surface area contributed by atoms with E-state index in [1.807, 2.05) is 62.3 Å². The summed E-state index contributed by atoms with van der Waals surface area (Å²) in [5.74, 6) is 2.54. The molecule has 73 heavy (non-hydrogen) atoms. The predicted octanol–water partition coefficient (Wildman–Crippen LogP) is 7.15. The van der Waals surface area contributed by atoms with Crippen molar-refractivity contribution in [3.63, 3.8) is 0 Å². The average molecular weight is 1040 g/mol. The molecule has 0 saturated heterocycles. The second kappa shape index (κ2) is 52.3. The number of ether oxygens (including phenoxy) is 12. The summed E-state index contributed by atoms with van der Waals surface area (Å²) in [6.07, 6.45) is 6.07. The van der Waals surface area contributed by atoms with Crippen LogP contribution in [0.15, 0.2) is 70.3 Å². The first-order valence-corrected chi connectivity index (χ1v) is 23.7. The third-order valence-corrected chi connectivity index (χ3v) is 7.96. The Bertz CT molecular complexity index is 1790. The van der Waals surface area contributed by atoms with Crippen molar-refractivity contribution in [1.82, 2.24) is 15.0 Å². The molecular formula is C46H77FN14O12. The molecule has 26 nitrogen and oxygen atoms in total. The first-order chi connectivity index (χ1) is 35.8. The smallest absolute Gasteiger partial charge is 0.255 e. The molecule has 0 fully saturated rings. The highest BCUT2D eigenvalue weighted by Gasteiger charge is 2.08. The van der Waals surface area contributed by atoms with Crippen molar-refractivity contribution in [2.24, 2.45) is 15.3 Å². The van der Waals surface area contributed by atoms with E-state index in [1.54, 1.807) is 18.5 Å². The molecule has 0 unspecified atom stereocenters. The molecule has 27 heteroatoms. The highest BCUT2D eigenvalue weighted by atomic mass is 19.1. The van der Waals surface area contributed by atoms with Crippen molar-refractivity contribution in [1.29, 1.82) is 0 Å². The number of hydrogen-bond acceptors (Lipinski definition) is 20. The number of pyridine rings is 3. The lowest BCUT2D eigenvalue weighted by atomic mass is 10.4. The fourth-order valence-corrected chi connectivity index (χ4v) is 4.85. The molecule has 0 radical (unpaired) electrons. The van der Waals surface area contributed by atoms with E-state index in [0.717, 1.165) is 23.1 Å². The Morgan fingerprint density at radius 3 is 0.932 bits per heavy atom. The van der Waals surface area contributed by atoms with E-state index in [2.05, 4.69) is 58.9 Å². The van der Waals surface area contributed by atoms with Crippen molar-refractivity contribution < 1.29 is 61.2 Å². The molecule has 3 heterocycles. The van der Waals surface area contributed by atoms with Crippen LogP contribution in [0.5, 0.6) is 17.2 Å². The van der Waals surface area contributed by atoms with Gasteiger partial charge in [-0.1, -0.05) is 35.6 Å². The second-order valence-electron chi connectivity index (χ2n) is 14.4. The predicted molar refractivity (Wildman–Crippen MR) is 273 cm³/mol. The Hall–Kier alpha value is -6.05. The summed E-state index contributed by atoms with van der Waals surface area (Å²) in [5.41, 5.74) is 24.2. The van der Waals surface area contributed by atoms with Gasteiger partial charge in [-0.25, -0.2) is 15.0 Å². The summed E-state index contributed by atoms with van der Waals surface area (Å²) in [4.78, 5) is 23.7. The topological polar surface area (TPSA) is 302 Å². The van der Waals surface area contributed by atoms with Crippen LogP contribution >= 0.6 is 0 Å². The van der Waals surface area contributed by atoms with Crippen LogP contribution in [0.1, 0.15) is 20.3 Å². The molecule has 0 bridgehead atoms. The van der Waals surface area contributed by atoms with Gasteiger partial charge in [-0.3, -0.25) is 0 Å². The van der Waals surface area contributed by atoms with Crippen LogP contribution in [0.2, 0.25) is 0 Å². The van der Waals surface area contributed by atoms with Crippen molar-refractivity contribution >= 4 is 11.6 Å². The van der Waals surface area contributed by atoms with Gasteiger partial charge in [0.05, 0.1) is 119 Å². The van der Waals surface area contributed by atoms with E-state index in [9.17, 15) is 4.39 Å². The number of rotatable bonds is 41. The first-order valence-electron chi connectivity index (χ1n) is 23.7. The van der Waals surface area contributed by atoms with Gasteiger partial charge in [0.1, 0.15) is 19.8 Å². The molecule has 3 aromatic rings.